The number of nitrogens with two attached hydrogens (primary N) is 1. The highest BCUT2D eigenvalue weighted by Crippen LogP contribution is 2.41. The number of halogens is 1. The molecule has 0 bridgehead atoms. The monoisotopic (exact) mass is 229 g/mol. The van der Waals surface area contributed by atoms with Crippen LogP contribution in [0.1, 0.15) is 25.0 Å². The standard InChI is InChI=1S/C11H16ClNO2/c1-6-5-7(15-4)10(14)9(12)8(6)11(2,3)13/h5,14H,13H2,1-4H3. The van der Waals surface area contributed by atoms with E-state index >= 15 is 0 Å². The molecule has 0 saturated heterocycles. The summed E-state index contributed by atoms with van der Waals surface area (Å²) in [6.07, 6.45) is 0. The van der Waals surface area contributed by atoms with E-state index in [1.54, 1.807) is 6.07 Å². The van der Waals surface area contributed by atoms with Crippen LogP contribution in [-0.2, 0) is 5.54 Å². The number of ether oxygens (including phenoxy) is 1. The van der Waals surface area contributed by atoms with Crippen molar-refractivity contribution in [3.63, 3.8) is 0 Å². The number of aryl methyl sites for hydroxylation is 1. The number of aromatic hydroxyl groups is 1. The van der Waals surface area contributed by atoms with Crippen LogP contribution in [0.25, 0.3) is 0 Å². The van der Waals surface area contributed by atoms with Gasteiger partial charge >= 0.3 is 0 Å². The Morgan fingerprint density at radius 2 is 2.00 bits per heavy atom. The van der Waals surface area contributed by atoms with Crippen LogP contribution in [0.15, 0.2) is 6.07 Å². The van der Waals surface area contributed by atoms with Crippen molar-refractivity contribution >= 4 is 11.6 Å². The summed E-state index contributed by atoms with van der Waals surface area (Å²) in [5.41, 5.74) is 7.03. The molecule has 0 aliphatic rings. The average Bonchev–Trinajstić information content (AvgIpc) is 2.09. The molecular weight excluding hydrogens is 214 g/mol. The highest BCUT2D eigenvalue weighted by atomic mass is 35.5. The molecule has 0 aliphatic heterocycles. The molecule has 0 saturated carbocycles. The van der Waals surface area contributed by atoms with E-state index in [9.17, 15) is 5.11 Å². The molecule has 1 rings (SSSR count). The second kappa shape index (κ2) is 3.91. The van der Waals surface area contributed by atoms with E-state index in [0.717, 1.165) is 11.1 Å². The van der Waals surface area contributed by atoms with Crippen molar-refractivity contribution in [1.82, 2.24) is 0 Å². The lowest BCUT2D eigenvalue weighted by Gasteiger charge is -2.24. The van der Waals surface area contributed by atoms with Gasteiger partial charge in [-0.15, -0.1) is 0 Å². The molecule has 0 radical (unpaired) electrons. The first kappa shape index (κ1) is 12.1. The topological polar surface area (TPSA) is 55.5 Å². The van der Waals surface area contributed by atoms with Crippen LogP contribution in [0.2, 0.25) is 5.02 Å². The summed E-state index contributed by atoms with van der Waals surface area (Å²) < 4.78 is 5.00. The Morgan fingerprint density at radius 3 is 2.40 bits per heavy atom. The number of rotatable bonds is 2. The van der Waals surface area contributed by atoms with Gasteiger partial charge in [0.05, 0.1) is 12.1 Å². The molecule has 4 heteroatoms. The Kier molecular flexibility index (Phi) is 3.16. The van der Waals surface area contributed by atoms with Crippen LogP contribution in [0.3, 0.4) is 0 Å². The fraction of sp³-hybridized carbons (Fsp3) is 0.455. The van der Waals surface area contributed by atoms with Crippen LogP contribution >= 0.6 is 11.6 Å². The van der Waals surface area contributed by atoms with E-state index in [1.807, 2.05) is 20.8 Å². The van der Waals surface area contributed by atoms with Crippen molar-refractivity contribution in [1.29, 1.82) is 0 Å². The SMILES string of the molecule is COc1cc(C)c(C(C)(C)N)c(Cl)c1O. The van der Waals surface area contributed by atoms with Gasteiger partial charge in [-0.2, -0.15) is 0 Å². The summed E-state index contributed by atoms with van der Waals surface area (Å²) in [5.74, 6) is 0.309. The summed E-state index contributed by atoms with van der Waals surface area (Å²) in [5, 5.41) is 10.0. The van der Waals surface area contributed by atoms with Crippen LogP contribution in [-0.4, -0.2) is 12.2 Å². The number of hydrogen-bond acceptors (Lipinski definition) is 3. The first-order valence-corrected chi connectivity index (χ1v) is 5.02. The number of hydrogen-bond donors (Lipinski definition) is 2. The van der Waals surface area contributed by atoms with E-state index in [4.69, 9.17) is 22.1 Å². The number of phenols is 1. The Bertz CT molecular complexity index is 383. The molecule has 0 amide bonds. The number of methoxy groups -OCH3 is 1. The molecule has 0 spiro atoms. The van der Waals surface area contributed by atoms with E-state index in [2.05, 4.69) is 0 Å². The lowest BCUT2D eigenvalue weighted by atomic mass is 9.91. The molecule has 3 N–H and O–H groups in total. The fourth-order valence-corrected chi connectivity index (χ4v) is 2.17. The Labute approximate surface area is 94.8 Å². The molecule has 84 valence electrons. The molecule has 0 aromatic heterocycles. The van der Waals surface area contributed by atoms with Gasteiger partial charge in [-0.25, -0.2) is 0 Å². The first-order chi connectivity index (χ1) is 6.79. The first-order valence-electron chi connectivity index (χ1n) is 4.64. The molecule has 0 aliphatic carbocycles. The van der Waals surface area contributed by atoms with Crippen LogP contribution in [0, 0.1) is 6.92 Å². The lowest BCUT2D eigenvalue weighted by Crippen LogP contribution is -2.30. The third-order valence-corrected chi connectivity index (χ3v) is 2.63. The quantitative estimate of drug-likeness (QED) is 0.820. The molecule has 1 aromatic rings. The van der Waals surface area contributed by atoms with Crippen molar-refractivity contribution in [2.75, 3.05) is 7.11 Å². The molecule has 0 unspecified atom stereocenters. The zero-order valence-electron chi connectivity index (χ0n) is 9.39. The Balaban J connectivity index is 3.50. The minimum Gasteiger partial charge on any atom is -0.503 e. The van der Waals surface area contributed by atoms with Gasteiger partial charge in [-0.1, -0.05) is 11.6 Å². The van der Waals surface area contributed by atoms with Gasteiger partial charge in [0.1, 0.15) is 0 Å². The Morgan fingerprint density at radius 1 is 1.47 bits per heavy atom. The smallest absolute Gasteiger partial charge is 0.177 e. The van der Waals surface area contributed by atoms with E-state index < -0.39 is 5.54 Å². The van der Waals surface area contributed by atoms with Crippen LogP contribution in [0.5, 0.6) is 11.5 Å². The number of benzene rings is 1. The number of phenolic OH excluding ortho intramolecular Hbond substituents is 1. The maximum absolute atomic E-state index is 9.75. The van der Waals surface area contributed by atoms with E-state index in [1.165, 1.54) is 7.11 Å². The molecule has 0 atom stereocenters. The molecule has 0 heterocycles. The summed E-state index contributed by atoms with van der Waals surface area (Å²) in [6.45, 7) is 5.57. The highest BCUT2D eigenvalue weighted by Gasteiger charge is 2.24. The highest BCUT2D eigenvalue weighted by molar-refractivity contribution is 6.33. The lowest BCUT2D eigenvalue weighted by molar-refractivity contribution is 0.371. The minimum absolute atomic E-state index is 0.0571. The minimum atomic E-state index is -0.592. The average molecular weight is 230 g/mol. The Hall–Kier alpha value is -0.930. The molecule has 3 nitrogen and oxygen atoms in total. The van der Waals surface area contributed by atoms with Gasteiger partial charge in [-0.05, 0) is 38.0 Å². The van der Waals surface area contributed by atoms with Gasteiger partial charge < -0.3 is 15.6 Å². The van der Waals surface area contributed by atoms with Crippen molar-refractivity contribution in [3.05, 3.63) is 22.2 Å². The normalized spacial score (nSPS) is 11.6. The predicted octanol–water partition coefficient (Wildman–Crippen LogP) is 2.56. The van der Waals surface area contributed by atoms with Crippen molar-refractivity contribution < 1.29 is 9.84 Å². The van der Waals surface area contributed by atoms with Crippen LogP contribution < -0.4 is 10.5 Å². The largest absolute Gasteiger partial charge is 0.503 e. The molecular formula is C11H16ClNO2. The third-order valence-electron chi connectivity index (χ3n) is 2.27. The van der Waals surface area contributed by atoms with E-state index in [-0.39, 0.29) is 10.8 Å². The van der Waals surface area contributed by atoms with Gasteiger partial charge in [0.15, 0.2) is 11.5 Å². The summed E-state index contributed by atoms with van der Waals surface area (Å²) >= 11 is 6.06. The second-order valence-electron chi connectivity index (χ2n) is 4.16. The zero-order chi connectivity index (χ0) is 11.8. The summed E-state index contributed by atoms with van der Waals surface area (Å²) in [4.78, 5) is 0. The molecule has 15 heavy (non-hydrogen) atoms. The van der Waals surface area contributed by atoms with E-state index in [0.29, 0.717) is 5.75 Å². The van der Waals surface area contributed by atoms with Crippen molar-refractivity contribution in [3.8, 4) is 11.5 Å². The zero-order valence-corrected chi connectivity index (χ0v) is 10.1. The second-order valence-corrected chi connectivity index (χ2v) is 4.53. The summed E-state index contributed by atoms with van der Waals surface area (Å²) in [6, 6.07) is 1.73. The predicted molar refractivity (Wildman–Crippen MR) is 61.6 cm³/mol. The van der Waals surface area contributed by atoms with Gasteiger partial charge in [-0.3, -0.25) is 0 Å². The fourth-order valence-electron chi connectivity index (χ4n) is 1.68. The molecule has 0 fully saturated rings. The van der Waals surface area contributed by atoms with Crippen molar-refractivity contribution in [2.45, 2.75) is 26.3 Å². The van der Waals surface area contributed by atoms with Gasteiger partial charge in [0.25, 0.3) is 0 Å². The van der Waals surface area contributed by atoms with Crippen molar-refractivity contribution in [2.24, 2.45) is 5.73 Å². The van der Waals surface area contributed by atoms with Gasteiger partial charge in [0.2, 0.25) is 0 Å². The van der Waals surface area contributed by atoms with Crippen LogP contribution in [0.4, 0.5) is 0 Å². The maximum Gasteiger partial charge on any atom is 0.177 e. The molecule has 1 aromatic carbocycles. The summed E-state index contributed by atoms with van der Waals surface area (Å²) in [7, 11) is 1.48. The maximum atomic E-state index is 9.75. The third kappa shape index (κ3) is 2.19. The van der Waals surface area contributed by atoms with Gasteiger partial charge in [0, 0.05) is 5.54 Å².